The monoisotopic (exact) mass is 258 g/mol. The van der Waals surface area contributed by atoms with E-state index in [4.69, 9.17) is 0 Å². The second kappa shape index (κ2) is 5.32. The lowest BCUT2D eigenvalue weighted by Crippen LogP contribution is -2.41. The van der Waals surface area contributed by atoms with Crippen molar-refractivity contribution >= 4 is 12.1 Å². The molecule has 0 amide bonds. The molecule has 1 saturated carbocycles. The van der Waals surface area contributed by atoms with Crippen LogP contribution >= 0.6 is 0 Å². The molecule has 0 radical (unpaired) electrons. The largest absolute Gasteiger partial charge is 0.357 e. The highest BCUT2D eigenvalue weighted by Gasteiger charge is 2.35. The summed E-state index contributed by atoms with van der Waals surface area (Å²) in [5.74, 6) is 1.02. The van der Waals surface area contributed by atoms with Gasteiger partial charge >= 0.3 is 0 Å². The van der Waals surface area contributed by atoms with Crippen LogP contribution in [0.15, 0.2) is 18.3 Å². The Morgan fingerprint density at radius 3 is 2.37 bits per heavy atom. The van der Waals surface area contributed by atoms with Gasteiger partial charge in [0.05, 0.1) is 0 Å². The van der Waals surface area contributed by atoms with E-state index in [0.717, 1.165) is 25.2 Å². The molecule has 3 nitrogen and oxygen atoms in total. The van der Waals surface area contributed by atoms with Gasteiger partial charge in [-0.1, -0.05) is 19.3 Å². The molecular formula is C16H22N2O. The lowest BCUT2D eigenvalue weighted by atomic mass is 9.68. The van der Waals surface area contributed by atoms with Crippen LogP contribution in [0, 0.1) is 5.41 Å². The molecular weight excluding hydrogens is 236 g/mol. The molecule has 2 fully saturated rings. The molecule has 3 rings (SSSR count). The number of carbonyl (C=O) groups excluding carboxylic acids is 1. The van der Waals surface area contributed by atoms with Crippen LogP contribution < -0.4 is 4.90 Å². The molecule has 19 heavy (non-hydrogen) atoms. The Labute approximate surface area is 115 Å². The molecule has 0 bridgehead atoms. The number of aromatic nitrogens is 1. The average Bonchev–Trinajstić information content (AvgIpc) is 2.49. The van der Waals surface area contributed by atoms with E-state index in [2.05, 4.69) is 9.88 Å². The summed E-state index contributed by atoms with van der Waals surface area (Å²) >= 11 is 0. The maximum Gasteiger partial charge on any atom is 0.151 e. The maximum atomic E-state index is 10.6. The Bertz CT molecular complexity index is 425. The number of hydrogen-bond acceptors (Lipinski definition) is 3. The Kier molecular flexibility index (Phi) is 3.54. The summed E-state index contributed by atoms with van der Waals surface area (Å²) in [4.78, 5) is 17.4. The second-order valence-corrected chi connectivity index (χ2v) is 6.12. The average molecular weight is 258 g/mol. The van der Waals surface area contributed by atoms with Gasteiger partial charge in [0.2, 0.25) is 0 Å². The lowest BCUT2D eigenvalue weighted by molar-refractivity contribution is 0.112. The summed E-state index contributed by atoms with van der Waals surface area (Å²) < 4.78 is 0. The molecule has 1 spiro atoms. The summed E-state index contributed by atoms with van der Waals surface area (Å²) in [6.07, 6.45) is 12.3. The number of carbonyl (C=O) groups is 1. The number of aldehydes is 1. The maximum absolute atomic E-state index is 10.6. The first-order valence-electron chi connectivity index (χ1n) is 7.48. The van der Waals surface area contributed by atoms with Crippen LogP contribution in [0.3, 0.4) is 0 Å². The smallest absolute Gasteiger partial charge is 0.151 e. The zero-order chi connectivity index (χ0) is 13.1. The molecule has 0 atom stereocenters. The van der Waals surface area contributed by atoms with Crippen molar-refractivity contribution in [1.29, 1.82) is 0 Å². The fraction of sp³-hybridized carbons (Fsp3) is 0.625. The highest BCUT2D eigenvalue weighted by Crippen LogP contribution is 2.44. The minimum atomic E-state index is 0.636. The van der Waals surface area contributed by atoms with E-state index < -0.39 is 0 Å². The Hall–Kier alpha value is -1.38. The van der Waals surface area contributed by atoms with Crippen LogP contribution in [0.5, 0.6) is 0 Å². The van der Waals surface area contributed by atoms with Gasteiger partial charge in [0.15, 0.2) is 6.29 Å². The van der Waals surface area contributed by atoms with Gasteiger partial charge in [0.25, 0.3) is 0 Å². The van der Waals surface area contributed by atoms with Crippen molar-refractivity contribution < 1.29 is 4.79 Å². The fourth-order valence-electron chi connectivity index (χ4n) is 3.67. The van der Waals surface area contributed by atoms with Crippen molar-refractivity contribution in [2.45, 2.75) is 44.9 Å². The number of pyridine rings is 1. The van der Waals surface area contributed by atoms with E-state index in [-0.39, 0.29) is 0 Å². The highest BCUT2D eigenvalue weighted by molar-refractivity contribution is 5.74. The first-order valence-corrected chi connectivity index (χ1v) is 7.48. The molecule has 1 saturated heterocycles. The summed E-state index contributed by atoms with van der Waals surface area (Å²) in [6, 6.07) is 3.84. The molecule has 2 aliphatic rings. The minimum Gasteiger partial charge on any atom is -0.357 e. The van der Waals surface area contributed by atoms with Gasteiger partial charge in [-0.2, -0.15) is 0 Å². The molecule has 0 aromatic carbocycles. The molecule has 1 aliphatic heterocycles. The van der Waals surface area contributed by atoms with E-state index in [9.17, 15) is 4.79 Å². The molecule has 2 heterocycles. The van der Waals surface area contributed by atoms with Crippen molar-refractivity contribution in [3.05, 3.63) is 23.9 Å². The van der Waals surface area contributed by atoms with E-state index in [1.54, 1.807) is 6.20 Å². The minimum absolute atomic E-state index is 0.636. The number of piperidine rings is 1. The third kappa shape index (κ3) is 2.65. The predicted octanol–water partition coefficient (Wildman–Crippen LogP) is 3.44. The van der Waals surface area contributed by atoms with Gasteiger partial charge in [-0.3, -0.25) is 4.79 Å². The summed E-state index contributed by atoms with van der Waals surface area (Å²) in [6.45, 7) is 2.24. The van der Waals surface area contributed by atoms with Crippen molar-refractivity contribution in [2.75, 3.05) is 18.0 Å². The van der Waals surface area contributed by atoms with Gasteiger partial charge < -0.3 is 4.90 Å². The third-order valence-corrected chi connectivity index (χ3v) is 4.97. The topological polar surface area (TPSA) is 33.2 Å². The number of nitrogens with zero attached hydrogens (tertiary/aromatic N) is 2. The van der Waals surface area contributed by atoms with E-state index in [0.29, 0.717) is 11.0 Å². The normalized spacial score (nSPS) is 22.4. The molecule has 1 aromatic heterocycles. The van der Waals surface area contributed by atoms with E-state index >= 15 is 0 Å². The van der Waals surface area contributed by atoms with Crippen molar-refractivity contribution in [2.24, 2.45) is 5.41 Å². The zero-order valence-corrected chi connectivity index (χ0v) is 11.5. The Balaban J connectivity index is 1.64. The summed E-state index contributed by atoms with van der Waals surface area (Å²) in [7, 11) is 0. The molecule has 3 heteroatoms. The molecule has 1 aliphatic carbocycles. The van der Waals surface area contributed by atoms with Crippen LogP contribution in [0.2, 0.25) is 0 Å². The predicted molar refractivity (Wildman–Crippen MR) is 76.6 cm³/mol. The van der Waals surface area contributed by atoms with Gasteiger partial charge in [0, 0.05) is 24.8 Å². The van der Waals surface area contributed by atoms with Crippen molar-refractivity contribution in [1.82, 2.24) is 4.98 Å². The van der Waals surface area contributed by atoms with Gasteiger partial charge in [-0.25, -0.2) is 4.98 Å². The molecule has 102 valence electrons. The van der Waals surface area contributed by atoms with E-state index in [1.807, 2.05) is 12.1 Å². The summed E-state index contributed by atoms with van der Waals surface area (Å²) in [5, 5.41) is 0. The van der Waals surface area contributed by atoms with Crippen LogP contribution in [0.1, 0.15) is 55.3 Å². The van der Waals surface area contributed by atoms with Crippen molar-refractivity contribution in [3.63, 3.8) is 0 Å². The number of hydrogen-bond donors (Lipinski definition) is 0. The number of rotatable bonds is 2. The Morgan fingerprint density at radius 2 is 1.79 bits per heavy atom. The van der Waals surface area contributed by atoms with Crippen LogP contribution in [-0.2, 0) is 0 Å². The highest BCUT2D eigenvalue weighted by atomic mass is 16.1. The molecule has 0 unspecified atom stereocenters. The van der Waals surface area contributed by atoms with Gasteiger partial charge in [-0.15, -0.1) is 0 Å². The first-order chi connectivity index (χ1) is 9.31. The van der Waals surface area contributed by atoms with Crippen LogP contribution in [0.25, 0.3) is 0 Å². The van der Waals surface area contributed by atoms with E-state index in [1.165, 1.54) is 44.9 Å². The van der Waals surface area contributed by atoms with Crippen LogP contribution in [-0.4, -0.2) is 24.4 Å². The lowest BCUT2D eigenvalue weighted by Gasteiger charge is -2.44. The standard InChI is InChI=1S/C16H22N2O/c19-13-14-4-5-15(17-12-14)18-10-8-16(9-11-18)6-2-1-3-7-16/h4-5,12-13H,1-3,6-11H2. The van der Waals surface area contributed by atoms with Crippen molar-refractivity contribution in [3.8, 4) is 0 Å². The molecule has 1 aromatic rings. The number of anilines is 1. The zero-order valence-electron chi connectivity index (χ0n) is 11.5. The molecule has 0 N–H and O–H groups in total. The first kappa shape index (κ1) is 12.6. The van der Waals surface area contributed by atoms with Gasteiger partial charge in [-0.05, 0) is 43.2 Å². The quantitative estimate of drug-likeness (QED) is 0.762. The Morgan fingerprint density at radius 1 is 1.05 bits per heavy atom. The van der Waals surface area contributed by atoms with Crippen LogP contribution in [0.4, 0.5) is 5.82 Å². The fourth-order valence-corrected chi connectivity index (χ4v) is 3.67. The summed E-state index contributed by atoms with van der Waals surface area (Å²) in [5.41, 5.74) is 1.29. The SMILES string of the molecule is O=Cc1ccc(N2CCC3(CCCCC3)CC2)nc1. The second-order valence-electron chi connectivity index (χ2n) is 6.12. The van der Waals surface area contributed by atoms with Gasteiger partial charge in [0.1, 0.15) is 5.82 Å². The third-order valence-electron chi connectivity index (χ3n) is 4.97.